The molecule has 17 heavy (non-hydrogen) atoms. The maximum Gasteiger partial charge on any atom is 0.0834 e. The van der Waals surface area contributed by atoms with E-state index in [1.807, 2.05) is 18.5 Å². The van der Waals surface area contributed by atoms with E-state index in [1.165, 1.54) is 0 Å². The van der Waals surface area contributed by atoms with E-state index in [2.05, 4.69) is 10.5 Å². The van der Waals surface area contributed by atoms with Crippen molar-refractivity contribution in [3.63, 3.8) is 0 Å². The summed E-state index contributed by atoms with van der Waals surface area (Å²) >= 11 is 6.13. The zero-order chi connectivity index (χ0) is 12.7. The highest BCUT2D eigenvalue weighted by atomic mass is 35.5. The van der Waals surface area contributed by atoms with Crippen molar-refractivity contribution < 1.29 is 4.74 Å². The Balaban J connectivity index is 2.62. The lowest BCUT2D eigenvalue weighted by molar-refractivity contribution is 0.140. The number of rotatable bonds is 8. The van der Waals surface area contributed by atoms with Gasteiger partial charge in [-0.05, 0) is 26.7 Å². The molecule has 0 saturated carbocycles. The first-order chi connectivity index (χ1) is 8.24. The predicted molar refractivity (Wildman–Crippen MR) is 68.7 cm³/mol. The summed E-state index contributed by atoms with van der Waals surface area (Å²) in [6.07, 6.45) is 3.48. The van der Waals surface area contributed by atoms with Crippen molar-refractivity contribution in [1.82, 2.24) is 15.2 Å². The van der Waals surface area contributed by atoms with Crippen LogP contribution >= 0.6 is 11.6 Å². The van der Waals surface area contributed by atoms with Gasteiger partial charge in [0.05, 0.1) is 23.0 Å². The average Bonchev–Trinajstić information content (AvgIpc) is 2.71. The molecule has 0 aliphatic carbocycles. The molecule has 0 aliphatic rings. The first-order valence-corrected chi connectivity index (χ1v) is 6.37. The lowest BCUT2D eigenvalue weighted by Crippen LogP contribution is -2.30. The van der Waals surface area contributed by atoms with Crippen LogP contribution in [0.25, 0.3) is 0 Å². The van der Waals surface area contributed by atoms with Crippen molar-refractivity contribution in [2.24, 2.45) is 5.84 Å². The van der Waals surface area contributed by atoms with Gasteiger partial charge in [0.1, 0.15) is 0 Å². The van der Waals surface area contributed by atoms with Crippen LogP contribution in [0.3, 0.4) is 0 Å². The Morgan fingerprint density at radius 3 is 2.94 bits per heavy atom. The van der Waals surface area contributed by atoms with Gasteiger partial charge >= 0.3 is 0 Å². The van der Waals surface area contributed by atoms with Crippen LogP contribution in [-0.2, 0) is 11.3 Å². The van der Waals surface area contributed by atoms with E-state index in [-0.39, 0.29) is 6.04 Å². The highest BCUT2D eigenvalue weighted by Crippen LogP contribution is 2.25. The second kappa shape index (κ2) is 7.66. The molecule has 0 aliphatic heterocycles. The lowest BCUT2D eigenvalue weighted by atomic mass is 10.1. The van der Waals surface area contributed by atoms with Crippen molar-refractivity contribution in [2.45, 2.75) is 39.3 Å². The van der Waals surface area contributed by atoms with Gasteiger partial charge in [-0.2, -0.15) is 5.10 Å². The molecule has 0 fully saturated rings. The van der Waals surface area contributed by atoms with Crippen LogP contribution in [0.4, 0.5) is 0 Å². The molecule has 1 aromatic rings. The molecule has 1 aromatic heterocycles. The molecule has 0 aromatic carbocycles. The molecule has 0 spiro atoms. The third-order valence-electron chi connectivity index (χ3n) is 2.65. The Hall–Kier alpha value is -0.620. The van der Waals surface area contributed by atoms with E-state index in [0.29, 0.717) is 5.02 Å². The number of hydrazine groups is 1. The normalized spacial score (nSPS) is 12.9. The van der Waals surface area contributed by atoms with Gasteiger partial charge in [-0.1, -0.05) is 11.6 Å². The number of nitrogens with one attached hydrogen (secondary N) is 1. The van der Waals surface area contributed by atoms with E-state index in [1.54, 1.807) is 6.20 Å². The van der Waals surface area contributed by atoms with E-state index in [9.17, 15) is 0 Å². The van der Waals surface area contributed by atoms with Gasteiger partial charge in [0.15, 0.2) is 0 Å². The first-order valence-electron chi connectivity index (χ1n) is 5.99. The van der Waals surface area contributed by atoms with Gasteiger partial charge in [-0.3, -0.25) is 16.0 Å². The molecular formula is C11H21ClN4O. The number of ether oxygens (including phenoxy) is 1. The van der Waals surface area contributed by atoms with Crippen LogP contribution in [-0.4, -0.2) is 23.0 Å². The fourth-order valence-electron chi connectivity index (χ4n) is 1.80. The zero-order valence-electron chi connectivity index (χ0n) is 10.4. The Morgan fingerprint density at radius 2 is 2.35 bits per heavy atom. The van der Waals surface area contributed by atoms with Gasteiger partial charge in [-0.25, -0.2) is 0 Å². The molecule has 1 rings (SSSR count). The minimum atomic E-state index is 0.0189. The van der Waals surface area contributed by atoms with Crippen LogP contribution in [0.5, 0.6) is 0 Å². The first kappa shape index (κ1) is 14.4. The van der Waals surface area contributed by atoms with Crippen molar-refractivity contribution in [3.05, 3.63) is 16.9 Å². The van der Waals surface area contributed by atoms with Crippen molar-refractivity contribution >= 4 is 11.6 Å². The van der Waals surface area contributed by atoms with E-state index in [0.717, 1.165) is 38.3 Å². The summed E-state index contributed by atoms with van der Waals surface area (Å²) in [7, 11) is 0. The van der Waals surface area contributed by atoms with Gasteiger partial charge in [-0.15, -0.1) is 0 Å². The molecular weight excluding hydrogens is 240 g/mol. The molecule has 1 heterocycles. The van der Waals surface area contributed by atoms with Crippen LogP contribution in [0, 0.1) is 0 Å². The second-order valence-electron chi connectivity index (χ2n) is 3.75. The molecule has 98 valence electrons. The summed E-state index contributed by atoms with van der Waals surface area (Å²) in [6.45, 7) is 6.29. The molecule has 5 nitrogen and oxygen atoms in total. The molecule has 3 N–H and O–H groups in total. The van der Waals surface area contributed by atoms with Crippen molar-refractivity contribution in [2.75, 3.05) is 13.2 Å². The summed E-state index contributed by atoms with van der Waals surface area (Å²) in [5.41, 5.74) is 3.75. The molecule has 6 heteroatoms. The number of halogens is 1. The number of nitrogens with two attached hydrogens (primary N) is 1. The fraction of sp³-hybridized carbons (Fsp3) is 0.727. The van der Waals surface area contributed by atoms with E-state index in [4.69, 9.17) is 22.2 Å². The molecule has 0 bridgehead atoms. The van der Waals surface area contributed by atoms with E-state index >= 15 is 0 Å². The van der Waals surface area contributed by atoms with Gasteiger partial charge < -0.3 is 4.74 Å². The van der Waals surface area contributed by atoms with Crippen LogP contribution in [0.15, 0.2) is 6.20 Å². The smallest absolute Gasteiger partial charge is 0.0834 e. The highest BCUT2D eigenvalue weighted by Gasteiger charge is 2.18. The number of hydrogen-bond acceptors (Lipinski definition) is 4. The van der Waals surface area contributed by atoms with Crippen LogP contribution < -0.4 is 11.3 Å². The standard InChI is InChI=1S/C11H21ClN4O/c1-3-16-11(9(12)8-14-16)10(15-13)6-5-7-17-4-2/h8,10,15H,3-7,13H2,1-2H3. The minimum Gasteiger partial charge on any atom is -0.382 e. The monoisotopic (exact) mass is 260 g/mol. The molecule has 1 unspecified atom stereocenters. The Kier molecular flexibility index (Phi) is 6.50. The van der Waals surface area contributed by atoms with Gasteiger partial charge in [0.25, 0.3) is 0 Å². The van der Waals surface area contributed by atoms with Gasteiger partial charge in [0, 0.05) is 19.8 Å². The molecule has 0 radical (unpaired) electrons. The molecule has 0 saturated heterocycles. The summed E-state index contributed by atoms with van der Waals surface area (Å²) < 4.78 is 7.18. The Bertz CT molecular complexity index is 329. The largest absolute Gasteiger partial charge is 0.382 e. The second-order valence-corrected chi connectivity index (χ2v) is 4.16. The summed E-state index contributed by atoms with van der Waals surface area (Å²) in [6, 6.07) is 0.0189. The fourth-order valence-corrected chi connectivity index (χ4v) is 2.08. The summed E-state index contributed by atoms with van der Waals surface area (Å²) in [5, 5.41) is 4.86. The third-order valence-corrected chi connectivity index (χ3v) is 2.94. The Labute approximate surface area is 107 Å². The SMILES string of the molecule is CCOCCCC(NN)c1c(Cl)cnn1CC. The maximum atomic E-state index is 6.13. The molecule has 1 atom stereocenters. The van der Waals surface area contributed by atoms with Crippen LogP contribution in [0.2, 0.25) is 5.02 Å². The zero-order valence-corrected chi connectivity index (χ0v) is 11.2. The van der Waals surface area contributed by atoms with Crippen molar-refractivity contribution in [1.29, 1.82) is 0 Å². The predicted octanol–water partition coefficient (Wildman–Crippen LogP) is 1.88. The topological polar surface area (TPSA) is 65.1 Å². The van der Waals surface area contributed by atoms with Crippen LogP contribution in [0.1, 0.15) is 38.4 Å². The van der Waals surface area contributed by atoms with Crippen molar-refractivity contribution in [3.8, 4) is 0 Å². The maximum absolute atomic E-state index is 6.13. The number of hydrogen-bond donors (Lipinski definition) is 2. The number of aryl methyl sites for hydroxylation is 1. The van der Waals surface area contributed by atoms with Gasteiger partial charge in [0.2, 0.25) is 0 Å². The average molecular weight is 261 g/mol. The van der Waals surface area contributed by atoms with E-state index < -0.39 is 0 Å². The Morgan fingerprint density at radius 1 is 1.59 bits per heavy atom. The summed E-state index contributed by atoms with van der Waals surface area (Å²) in [4.78, 5) is 0. The number of nitrogens with zero attached hydrogens (tertiary/aromatic N) is 2. The lowest BCUT2D eigenvalue weighted by Gasteiger charge is -2.17. The summed E-state index contributed by atoms with van der Waals surface area (Å²) in [5.74, 6) is 5.58. The quantitative estimate of drug-likeness (QED) is 0.426. The number of aromatic nitrogens is 2. The minimum absolute atomic E-state index is 0.0189. The highest BCUT2D eigenvalue weighted by molar-refractivity contribution is 6.31. The third kappa shape index (κ3) is 3.96. The molecule has 0 amide bonds.